The summed E-state index contributed by atoms with van der Waals surface area (Å²) in [4.78, 5) is 24.9. The Hall–Kier alpha value is -1.89. The predicted octanol–water partition coefficient (Wildman–Crippen LogP) is 0.707. The Labute approximate surface area is 117 Å². The third-order valence-corrected chi connectivity index (χ3v) is 3.72. The van der Waals surface area contributed by atoms with Crippen molar-refractivity contribution in [3.8, 4) is 0 Å². The van der Waals surface area contributed by atoms with Gasteiger partial charge in [0, 0.05) is 33.5 Å². The second-order valence-electron chi connectivity index (χ2n) is 5.17. The first kappa shape index (κ1) is 14.5. The quantitative estimate of drug-likeness (QED) is 0.806. The van der Waals surface area contributed by atoms with E-state index in [-0.39, 0.29) is 12.3 Å². The van der Waals surface area contributed by atoms with Crippen LogP contribution in [0.4, 0.5) is 4.79 Å². The molecule has 0 saturated carbocycles. The molecule has 3 amide bonds. The zero-order chi connectivity index (χ0) is 14.8. The number of nitrogens with zero attached hydrogens (tertiary/aromatic N) is 3. The molecule has 1 saturated heterocycles. The van der Waals surface area contributed by atoms with Crippen LogP contribution in [0.25, 0.3) is 0 Å². The Balaban J connectivity index is 2.16. The highest BCUT2D eigenvalue weighted by atomic mass is 16.5. The molecule has 1 unspecified atom stereocenters. The highest BCUT2D eigenvalue weighted by Gasteiger charge is 2.43. The van der Waals surface area contributed by atoms with E-state index in [1.807, 2.05) is 23.9 Å². The van der Waals surface area contributed by atoms with Gasteiger partial charge in [0.25, 0.3) is 0 Å². The molecular formula is C13H20N4O3. The number of hydrogen-bond donors (Lipinski definition) is 1. The number of carbonyl (C=O) groups excluding carboxylic acids is 2. The van der Waals surface area contributed by atoms with E-state index >= 15 is 0 Å². The van der Waals surface area contributed by atoms with E-state index in [2.05, 4.69) is 10.4 Å². The summed E-state index contributed by atoms with van der Waals surface area (Å²) >= 11 is 0. The standard InChI is InChI=1S/C13H20N4O3/c1-13(9-11(18)14-12(19)16(13)2)10-5-7-17(15-10)6-4-8-20-3/h5,7H,4,6,8-9H2,1-3H3,(H,14,18,19). The monoisotopic (exact) mass is 280 g/mol. The number of ether oxygens (including phenoxy) is 1. The molecule has 1 aliphatic rings. The smallest absolute Gasteiger partial charge is 0.324 e. The van der Waals surface area contributed by atoms with Crippen molar-refractivity contribution in [1.29, 1.82) is 0 Å². The molecule has 1 aromatic heterocycles. The molecule has 1 fully saturated rings. The van der Waals surface area contributed by atoms with Gasteiger partial charge in [0.05, 0.1) is 17.7 Å². The van der Waals surface area contributed by atoms with Crippen molar-refractivity contribution in [3.05, 3.63) is 18.0 Å². The first-order valence-corrected chi connectivity index (χ1v) is 6.58. The van der Waals surface area contributed by atoms with Gasteiger partial charge in [0.1, 0.15) is 0 Å². The number of aromatic nitrogens is 2. The van der Waals surface area contributed by atoms with Crippen molar-refractivity contribution in [3.63, 3.8) is 0 Å². The van der Waals surface area contributed by atoms with Gasteiger partial charge in [-0.15, -0.1) is 0 Å². The van der Waals surface area contributed by atoms with Crippen LogP contribution in [-0.4, -0.2) is 47.4 Å². The van der Waals surface area contributed by atoms with Crippen LogP contribution in [0.2, 0.25) is 0 Å². The predicted molar refractivity (Wildman–Crippen MR) is 72.0 cm³/mol. The van der Waals surface area contributed by atoms with E-state index in [1.54, 1.807) is 14.2 Å². The molecule has 7 heteroatoms. The van der Waals surface area contributed by atoms with Crippen LogP contribution >= 0.6 is 0 Å². The Bertz CT molecular complexity index is 513. The minimum atomic E-state index is -0.702. The van der Waals surface area contributed by atoms with Crippen LogP contribution in [0.3, 0.4) is 0 Å². The maximum atomic E-state index is 11.8. The normalized spacial score (nSPS) is 23.1. The largest absolute Gasteiger partial charge is 0.385 e. The van der Waals surface area contributed by atoms with Gasteiger partial charge < -0.3 is 9.64 Å². The molecule has 1 aliphatic heterocycles. The van der Waals surface area contributed by atoms with Crippen molar-refractivity contribution in [1.82, 2.24) is 20.0 Å². The van der Waals surface area contributed by atoms with Gasteiger partial charge in [-0.2, -0.15) is 5.10 Å². The van der Waals surface area contributed by atoms with Crippen molar-refractivity contribution < 1.29 is 14.3 Å². The van der Waals surface area contributed by atoms with Gasteiger partial charge in [-0.3, -0.25) is 14.8 Å². The molecule has 2 heterocycles. The van der Waals surface area contributed by atoms with Crippen LogP contribution < -0.4 is 5.32 Å². The number of carbonyl (C=O) groups is 2. The average molecular weight is 280 g/mol. The summed E-state index contributed by atoms with van der Waals surface area (Å²) in [6, 6.07) is 1.47. The number of aryl methyl sites for hydroxylation is 1. The lowest BCUT2D eigenvalue weighted by Crippen LogP contribution is -2.58. The van der Waals surface area contributed by atoms with Crippen molar-refractivity contribution in [2.24, 2.45) is 0 Å². The fraction of sp³-hybridized carbons (Fsp3) is 0.615. The van der Waals surface area contributed by atoms with Gasteiger partial charge in [-0.25, -0.2) is 4.79 Å². The lowest BCUT2D eigenvalue weighted by Gasteiger charge is -2.40. The number of rotatable bonds is 5. The summed E-state index contributed by atoms with van der Waals surface area (Å²) in [6.07, 6.45) is 2.94. The van der Waals surface area contributed by atoms with E-state index in [1.165, 1.54) is 4.90 Å². The summed E-state index contributed by atoms with van der Waals surface area (Å²) in [5.74, 6) is -0.274. The van der Waals surface area contributed by atoms with E-state index in [9.17, 15) is 9.59 Å². The SMILES string of the molecule is COCCCn1ccc(C2(C)CC(=O)NC(=O)N2C)n1. The fourth-order valence-corrected chi connectivity index (χ4v) is 2.31. The first-order valence-electron chi connectivity index (χ1n) is 6.58. The number of imide groups is 1. The Morgan fingerprint density at radius 1 is 1.50 bits per heavy atom. The molecular weight excluding hydrogens is 260 g/mol. The lowest BCUT2D eigenvalue weighted by molar-refractivity contribution is -0.124. The van der Waals surface area contributed by atoms with Gasteiger partial charge in [-0.05, 0) is 19.4 Å². The third-order valence-electron chi connectivity index (χ3n) is 3.72. The van der Waals surface area contributed by atoms with Crippen LogP contribution in [0.5, 0.6) is 0 Å². The molecule has 1 N–H and O–H groups in total. The topological polar surface area (TPSA) is 76.5 Å². The maximum Gasteiger partial charge on any atom is 0.324 e. The van der Waals surface area contributed by atoms with Gasteiger partial charge in [0.2, 0.25) is 5.91 Å². The molecule has 0 spiro atoms. The second kappa shape index (κ2) is 5.62. The van der Waals surface area contributed by atoms with E-state index in [0.717, 1.165) is 18.7 Å². The van der Waals surface area contributed by atoms with Gasteiger partial charge in [0.15, 0.2) is 0 Å². The highest BCUT2D eigenvalue weighted by molar-refractivity contribution is 5.97. The molecule has 110 valence electrons. The molecule has 1 aromatic rings. The Morgan fingerprint density at radius 3 is 2.95 bits per heavy atom. The van der Waals surface area contributed by atoms with Crippen LogP contribution in [0.15, 0.2) is 12.3 Å². The summed E-state index contributed by atoms with van der Waals surface area (Å²) in [5, 5.41) is 6.78. The number of methoxy groups -OCH3 is 1. The number of nitrogens with one attached hydrogen (secondary N) is 1. The first-order chi connectivity index (χ1) is 9.47. The summed E-state index contributed by atoms with van der Waals surface area (Å²) in [5.41, 5.74) is 0.0203. The molecule has 0 aromatic carbocycles. The van der Waals surface area contributed by atoms with Crippen LogP contribution in [-0.2, 0) is 21.6 Å². The number of hydrogen-bond acceptors (Lipinski definition) is 4. The van der Waals surface area contributed by atoms with E-state index in [4.69, 9.17) is 4.74 Å². The molecule has 0 aliphatic carbocycles. The van der Waals surface area contributed by atoms with Gasteiger partial charge >= 0.3 is 6.03 Å². The number of amides is 3. The van der Waals surface area contributed by atoms with E-state index in [0.29, 0.717) is 6.61 Å². The zero-order valence-electron chi connectivity index (χ0n) is 12.0. The molecule has 0 bridgehead atoms. The molecule has 1 atom stereocenters. The van der Waals surface area contributed by atoms with Crippen LogP contribution in [0, 0.1) is 0 Å². The van der Waals surface area contributed by atoms with Crippen molar-refractivity contribution in [2.45, 2.75) is 31.8 Å². The minimum absolute atomic E-state index is 0.213. The van der Waals surface area contributed by atoms with Crippen molar-refractivity contribution >= 4 is 11.9 Å². The Morgan fingerprint density at radius 2 is 2.25 bits per heavy atom. The minimum Gasteiger partial charge on any atom is -0.385 e. The highest BCUT2D eigenvalue weighted by Crippen LogP contribution is 2.31. The summed E-state index contributed by atoms with van der Waals surface area (Å²) in [6.45, 7) is 3.27. The summed E-state index contributed by atoms with van der Waals surface area (Å²) < 4.78 is 6.81. The van der Waals surface area contributed by atoms with Crippen LogP contribution in [0.1, 0.15) is 25.5 Å². The average Bonchev–Trinajstić information content (AvgIpc) is 2.85. The maximum absolute atomic E-state index is 11.8. The molecule has 20 heavy (non-hydrogen) atoms. The zero-order valence-corrected chi connectivity index (χ0v) is 12.0. The third kappa shape index (κ3) is 2.67. The summed E-state index contributed by atoms with van der Waals surface area (Å²) in [7, 11) is 3.34. The molecule has 2 rings (SSSR count). The fourth-order valence-electron chi connectivity index (χ4n) is 2.31. The van der Waals surface area contributed by atoms with Crippen molar-refractivity contribution in [2.75, 3.05) is 20.8 Å². The lowest BCUT2D eigenvalue weighted by atomic mass is 9.90. The molecule has 0 radical (unpaired) electrons. The molecule has 7 nitrogen and oxygen atoms in total. The Kier molecular flexibility index (Phi) is 4.08. The number of urea groups is 1. The second-order valence-corrected chi connectivity index (χ2v) is 5.17. The van der Waals surface area contributed by atoms with E-state index < -0.39 is 11.6 Å². The van der Waals surface area contributed by atoms with Gasteiger partial charge in [-0.1, -0.05) is 0 Å².